The highest BCUT2D eigenvalue weighted by Gasteiger charge is 2.32. The second kappa shape index (κ2) is 5.05. The Balaban J connectivity index is 2.00. The number of allylic oxidation sites excluding steroid dienone is 1. The monoisotopic (exact) mass is 270 g/mol. The number of amides is 1. The zero-order valence-electron chi connectivity index (χ0n) is 9.04. The topological polar surface area (TPSA) is 79.1 Å². The largest absolute Gasteiger partial charge is 0.481 e. The van der Waals surface area contributed by atoms with Crippen LogP contribution in [0.1, 0.15) is 6.92 Å². The molecule has 0 saturated heterocycles. The van der Waals surface area contributed by atoms with Gasteiger partial charge in [-0.3, -0.25) is 9.59 Å². The molecule has 2 aliphatic rings. The van der Waals surface area contributed by atoms with Crippen molar-refractivity contribution in [3.63, 3.8) is 0 Å². The fourth-order valence-electron chi connectivity index (χ4n) is 1.48. The van der Waals surface area contributed by atoms with E-state index < -0.39 is 5.97 Å². The van der Waals surface area contributed by atoms with Gasteiger partial charge in [-0.25, -0.2) is 4.99 Å². The Morgan fingerprint density at radius 1 is 1.59 bits per heavy atom. The van der Waals surface area contributed by atoms with Crippen molar-refractivity contribution < 1.29 is 14.7 Å². The molecular formula is C10H10N2O3S2. The molecule has 0 fully saturated rings. The van der Waals surface area contributed by atoms with E-state index in [1.807, 2.05) is 13.0 Å². The molecule has 7 heteroatoms. The number of rotatable bonds is 4. The molecule has 0 aromatic carbocycles. The molecule has 1 atom stereocenters. The van der Waals surface area contributed by atoms with Crippen LogP contribution in [0.2, 0.25) is 0 Å². The number of nitrogens with zero attached hydrogens (tertiary/aromatic N) is 2. The first-order valence-electron chi connectivity index (χ1n) is 4.92. The van der Waals surface area contributed by atoms with Gasteiger partial charge in [0.1, 0.15) is 11.8 Å². The molecule has 1 N–H and O–H groups in total. The Morgan fingerprint density at radius 2 is 2.35 bits per heavy atom. The second-order valence-corrected chi connectivity index (χ2v) is 5.81. The van der Waals surface area contributed by atoms with Crippen LogP contribution in [0.3, 0.4) is 0 Å². The van der Waals surface area contributed by atoms with E-state index >= 15 is 0 Å². The van der Waals surface area contributed by atoms with Crippen molar-refractivity contribution in [1.29, 1.82) is 0 Å². The van der Waals surface area contributed by atoms with Crippen LogP contribution in [0.5, 0.6) is 0 Å². The number of aliphatic carboxylic acids is 1. The predicted octanol–water partition coefficient (Wildman–Crippen LogP) is 1.41. The molecule has 2 aliphatic heterocycles. The maximum absolute atomic E-state index is 11.7. The molecule has 17 heavy (non-hydrogen) atoms. The predicted molar refractivity (Wildman–Crippen MR) is 69.7 cm³/mol. The maximum atomic E-state index is 11.7. The number of thioether (sulfide) groups is 2. The standard InChI is InChI=1S/C10H10N2O3S2/c1-5-2-6-9(15)11-7(12-10(6)17-5)3-16-4-8(13)14/h2,6H,3-4H2,1H3,(H,13,14). The summed E-state index contributed by atoms with van der Waals surface area (Å²) in [5.41, 5.74) is 0. The van der Waals surface area contributed by atoms with Gasteiger partial charge >= 0.3 is 5.97 Å². The molecule has 0 aromatic heterocycles. The smallest absolute Gasteiger partial charge is 0.313 e. The van der Waals surface area contributed by atoms with Crippen molar-refractivity contribution in [2.24, 2.45) is 15.9 Å². The summed E-state index contributed by atoms with van der Waals surface area (Å²) in [5.74, 6) is -0.627. The van der Waals surface area contributed by atoms with Crippen LogP contribution in [-0.4, -0.2) is 39.4 Å². The first kappa shape index (κ1) is 12.4. The molecule has 2 rings (SSSR count). The van der Waals surface area contributed by atoms with Crippen molar-refractivity contribution >= 4 is 46.3 Å². The Hall–Kier alpha value is -1.08. The van der Waals surface area contributed by atoms with E-state index in [1.165, 1.54) is 23.5 Å². The van der Waals surface area contributed by atoms with Crippen LogP contribution in [0.25, 0.3) is 0 Å². The van der Waals surface area contributed by atoms with Gasteiger partial charge in [0, 0.05) is 0 Å². The fraction of sp³-hybridized carbons (Fsp3) is 0.400. The van der Waals surface area contributed by atoms with E-state index in [-0.39, 0.29) is 17.6 Å². The summed E-state index contributed by atoms with van der Waals surface area (Å²) in [4.78, 5) is 31.2. The first-order valence-corrected chi connectivity index (χ1v) is 6.89. The highest BCUT2D eigenvalue weighted by Crippen LogP contribution is 2.34. The van der Waals surface area contributed by atoms with Crippen molar-refractivity contribution in [1.82, 2.24) is 0 Å². The lowest BCUT2D eigenvalue weighted by Gasteiger charge is -2.12. The van der Waals surface area contributed by atoms with Crippen LogP contribution in [-0.2, 0) is 9.59 Å². The third-order valence-corrected chi connectivity index (χ3v) is 4.06. The van der Waals surface area contributed by atoms with Gasteiger partial charge in [-0.2, -0.15) is 4.99 Å². The van der Waals surface area contributed by atoms with E-state index in [1.54, 1.807) is 0 Å². The fourth-order valence-corrected chi connectivity index (χ4v) is 3.05. The van der Waals surface area contributed by atoms with Gasteiger partial charge < -0.3 is 5.11 Å². The van der Waals surface area contributed by atoms with E-state index in [0.29, 0.717) is 11.6 Å². The molecular weight excluding hydrogens is 260 g/mol. The summed E-state index contributed by atoms with van der Waals surface area (Å²) in [6.07, 6.45) is 1.86. The number of amidine groups is 1. The highest BCUT2D eigenvalue weighted by atomic mass is 32.2. The SMILES string of the molecule is CC1=CC2C(=O)N=C(CSCC(=O)O)N=C2S1. The van der Waals surface area contributed by atoms with Gasteiger partial charge in [-0.1, -0.05) is 17.8 Å². The number of aliphatic imine (C=N–C) groups is 2. The Bertz CT molecular complexity index is 468. The minimum atomic E-state index is -0.879. The first-order chi connectivity index (χ1) is 8.06. The zero-order chi connectivity index (χ0) is 12.4. The number of hydrogen-bond acceptors (Lipinski definition) is 5. The number of carbonyl (C=O) groups excluding carboxylic acids is 1. The number of hydrogen-bond donors (Lipinski definition) is 1. The average molecular weight is 270 g/mol. The molecule has 0 aliphatic carbocycles. The van der Waals surface area contributed by atoms with Crippen LogP contribution in [0.4, 0.5) is 0 Å². The Labute approximate surface area is 106 Å². The molecule has 90 valence electrons. The van der Waals surface area contributed by atoms with Crippen LogP contribution in [0, 0.1) is 5.92 Å². The van der Waals surface area contributed by atoms with E-state index in [9.17, 15) is 9.59 Å². The zero-order valence-corrected chi connectivity index (χ0v) is 10.7. The summed E-state index contributed by atoms with van der Waals surface area (Å²) in [5, 5.41) is 9.26. The third-order valence-electron chi connectivity index (χ3n) is 2.13. The Kier molecular flexibility index (Phi) is 3.68. The average Bonchev–Trinajstić information content (AvgIpc) is 2.58. The van der Waals surface area contributed by atoms with Gasteiger partial charge in [0.05, 0.1) is 16.5 Å². The quantitative estimate of drug-likeness (QED) is 0.835. The highest BCUT2D eigenvalue weighted by molar-refractivity contribution is 8.17. The molecule has 0 aromatic rings. The molecule has 2 heterocycles. The second-order valence-electron chi connectivity index (χ2n) is 3.56. The van der Waals surface area contributed by atoms with E-state index in [2.05, 4.69) is 9.98 Å². The van der Waals surface area contributed by atoms with Gasteiger partial charge in [0.25, 0.3) is 5.91 Å². The van der Waals surface area contributed by atoms with Crippen molar-refractivity contribution in [3.05, 3.63) is 11.0 Å². The minimum Gasteiger partial charge on any atom is -0.481 e. The lowest BCUT2D eigenvalue weighted by Crippen LogP contribution is -2.23. The van der Waals surface area contributed by atoms with Crippen LogP contribution >= 0.6 is 23.5 Å². The van der Waals surface area contributed by atoms with Crippen LogP contribution in [0.15, 0.2) is 21.0 Å². The third kappa shape index (κ3) is 2.98. The van der Waals surface area contributed by atoms with E-state index in [0.717, 1.165) is 9.95 Å². The summed E-state index contributed by atoms with van der Waals surface area (Å²) in [6.45, 7) is 1.93. The maximum Gasteiger partial charge on any atom is 0.313 e. The molecule has 0 bridgehead atoms. The molecule has 5 nitrogen and oxygen atoms in total. The van der Waals surface area contributed by atoms with Gasteiger partial charge in [-0.15, -0.1) is 11.8 Å². The Morgan fingerprint density at radius 3 is 3.06 bits per heavy atom. The molecule has 0 saturated carbocycles. The van der Waals surface area contributed by atoms with Gasteiger partial charge in [-0.05, 0) is 11.8 Å². The number of carboxylic acid groups (broad SMARTS) is 1. The minimum absolute atomic E-state index is 0.00802. The van der Waals surface area contributed by atoms with Crippen molar-refractivity contribution in [3.8, 4) is 0 Å². The van der Waals surface area contributed by atoms with Gasteiger partial charge in [0.15, 0.2) is 0 Å². The lowest BCUT2D eigenvalue weighted by atomic mass is 10.1. The number of carbonyl (C=O) groups is 2. The van der Waals surface area contributed by atoms with Gasteiger partial charge in [0.2, 0.25) is 0 Å². The van der Waals surface area contributed by atoms with Crippen LogP contribution < -0.4 is 0 Å². The molecule has 0 radical (unpaired) electrons. The number of carboxylic acids is 1. The molecule has 1 amide bonds. The van der Waals surface area contributed by atoms with Crippen molar-refractivity contribution in [2.45, 2.75) is 6.92 Å². The summed E-state index contributed by atoms with van der Waals surface area (Å²) >= 11 is 2.67. The molecule has 1 unspecified atom stereocenters. The van der Waals surface area contributed by atoms with Crippen molar-refractivity contribution in [2.75, 3.05) is 11.5 Å². The summed E-state index contributed by atoms with van der Waals surface area (Å²) < 4.78 is 0. The van der Waals surface area contributed by atoms with E-state index in [4.69, 9.17) is 5.11 Å². The number of fused-ring (bicyclic) bond motifs is 1. The lowest BCUT2D eigenvalue weighted by molar-refractivity contribution is -0.133. The normalized spacial score (nSPS) is 22.8. The summed E-state index contributed by atoms with van der Waals surface area (Å²) in [7, 11) is 0. The molecule has 0 spiro atoms. The summed E-state index contributed by atoms with van der Waals surface area (Å²) in [6, 6.07) is 0.